The third kappa shape index (κ3) is 1.98. The fourth-order valence-corrected chi connectivity index (χ4v) is 2.29. The van der Waals surface area contributed by atoms with E-state index in [-0.39, 0.29) is 12.6 Å². The first kappa shape index (κ1) is 9.71. The number of hydrogen-bond donors (Lipinski definition) is 1. The number of carbonyl (C=O) groups excluding carboxylic acids is 1. The van der Waals surface area contributed by atoms with Crippen LogP contribution in [0.1, 0.15) is 38.5 Å². The van der Waals surface area contributed by atoms with Gasteiger partial charge in [-0.2, -0.15) is 0 Å². The molecule has 3 nitrogen and oxygen atoms in total. The maximum absolute atomic E-state index is 11.3. The Morgan fingerprint density at radius 3 is 2.93 bits per heavy atom. The van der Waals surface area contributed by atoms with Crippen molar-refractivity contribution >= 4 is 5.97 Å². The predicted octanol–water partition coefficient (Wildman–Crippen LogP) is 1.76. The Hall–Kier alpha value is -0.830. The van der Waals surface area contributed by atoms with E-state index in [1.807, 2.05) is 0 Å². The van der Waals surface area contributed by atoms with Crippen LogP contribution in [0.15, 0.2) is 11.3 Å². The summed E-state index contributed by atoms with van der Waals surface area (Å²) in [5, 5.41) is 8.56. The summed E-state index contributed by atoms with van der Waals surface area (Å²) in [7, 11) is 0. The van der Waals surface area contributed by atoms with Crippen molar-refractivity contribution in [3.05, 3.63) is 11.3 Å². The van der Waals surface area contributed by atoms with Gasteiger partial charge in [-0.3, -0.25) is 4.79 Å². The molecule has 1 unspecified atom stereocenters. The molecule has 0 saturated heterocycles. The summed E-state index contributed by atoms with van der Waals surface area (Å²) < 4.78 is 5.28. The molecule has 0 heterocycles. The molecule has 1 N–H and O–H groups in total. The lowest BCUT2D eigenvalue weighted by molar-refractivity contribution is -0.140. The molecule has 3 heteroatoms. The quantitative estimate of drug-likeness (QED) is 0.697. The summed E-state index contributed by atoms with van der Waals surface area (Å²) in [5.74, 6) is 1.49. The number of aliphatic hydroxyl groups excluding tert-OH is 1. The van der Waals surface area contributed by atoms with Crippen LogP contribution in [0.2, 0.25) is 0 Å². The molecular weight excluding hydrogens is 180 g/mol. The van der Waals surface area contributed by atoms with Crippen molar-refractivity contribution in [1.29, 1.82) is 0 Å². The Balaban J connectivity index is 1.83. The van der Waals surface area contributed by atoms with E-state index >= 15 is 0 Å². The fraction of sp³-hybridized carbons (Fsp3) is 0.727. The van der Waals surface area contributed by atoms with Gasteiger partial charge in [-0.1, -0.05) is 0 Å². The van der Waals surface area contributed by atoms with Crippen LogP contribution in [0.5, 0.6) is 0 Å². The molecule has 0 aromatic heterocycles. The van der Waals surface area contributed by atoms with Gasteiger partial charge in [0.05, 0.1) is 0 Å². The highest BCUT2D eigenvalue weighted by Gasteiger charge is 2.32. The lowest BCUT2D eigenvalue weighted by Crippen LogP contribution is -2.07. The first-order valence-electron chi connectivity index (χ1n) is 5.32. The van der Waals surface area contributed by atoms with E-state index in [9.17, 15) is 4.79 Å². The zero-order chi connectivity index (χ0) is 9.97. The number of esters is 1. The third-order valence-electron chi connectivity index (χ3n) is 3.03. The molecule has 0 aliphatic heterocycles. The highest BCUT2D eigenvalue weighted by Crippen LogP contribution is 2.44. The average Bonchev–Trinajstić information content (AvgIpc) is 2.76. The first-order chi connectivity index (χ1) is 6.79. The van der Waals surface area contributed by atoms with Crippen molar-refractivity contribution in [1.82, 2.24) is 0 Å². The molecule has 1 saturated carbocycles. The van der Waals surface area contributed by atoms with Crippen LogP contribution in [0.4, 0.5) is 0 Å². The van der Waals surface area contributed by atoms with E-state index in [1.54, 1.807) is 0 Å². The summed E-state index contributed by atoms with van der Waals surface area (Å²) in [4.78, 5) is 11.3. The zero-order valence-electron chi connectivity index (χ0n) is 8.29. The van der Waals surface area contributed by atoms with Crippen molar-refractivity contribution in [2.75, 3.05) is 6.61 Å². The van der Waals surface area contributed by atoms with E-state index in [0.717, 1.165) is 30.9 Å². The Morgan fingerprint density at radius 1 is 1.50 bits per heavy atom. The molecule has 14 heavy (non-hydrogen) atoms. The number of aliphatic hydroxyl groups is 1. The van der Waals surface area contributed by atoms with Gasteiger partial charge in [-0.05, 0) is 37.2 Å². The van der Waals surface area contributed by atoms with Crippen LogP contribution >= 0.6 is 0 Å². The summed E-state index contributed by atoms with van der Waals surface area (Å²) in [6.45, 7) is 0.0592. The number of hydrogen-bond acceptors (Lipinski definition) is 3. The highest BCUT2D eigenvalue weighted by molar-refractivity contribution is 5.70. The fourth-order valence-electron chi connectivity index (χ4n) is 2.29. The van der Waals surface area contributed by atoms with Gasteiger partial charge in [0.25, 0.3) is 0 Å². The molecule has 0 spiro atoms. The van der Waals surface area contributed by atoms with E-state index in [0.29, 0.717) is 12.8 Å². The van der Waals surface area contributed by atoms with Gasteiger partial charge < -0.3 is 9.84 Å². The Kier molecular flexibility index (Phi) is 2.87. The molecule has 2 aliphatic rings. The second-order valence-corrected chi connectivity index (χ2v) is 4.14. The topological polar surface area (TPSA) is 46.5 Å². The van der Waals surface area contributed by atoms with E-state index in [4.69, 9.17) is 9.84 Å². The predicted molar refractivity (Wildman–Crippen MR) is 51.4 cm³/mol. The normalized spacial score (nSPS) is 24.5. The number of rotatable bonds is 4. The monoisotopic (exact) mass is 196 g/mol. The number of allylic oxidation sites excluding steroid dienone is 2. The van der Waals surface area contributed by atoms with Gasteiger partial charge in [0, 0.05) is 19.4 Å². The molecule has 0 amide bonds. The first-order valence-corrected chi connectivity index (χ1v) is 5.32. The Bertz CT molecular complexity index is 268. The lowest BCUT2D eigenvalue weighted by atomic mass is 10.1. The third-order valence-corrected chi connectivity index (χ3v) is 3.03. The number of ether oxygens (including phenoxy) is 1. The van der Waals surface area contributed by atoms with Gasteiger partial charge in [0.15, 0.2) is 0 Å². The summed E-state index contributed by atoms with van der Waals surface area (Å²) >= 11 is 0. The number of fused-ring (bicyclic) bond motifs is 2. The van der Waals surface area contributed by atoms with Crippen molar-refractivity contribution < 1.29 is 14.6 Å². The maximum atomic E-state index is 11.3. The number of carbonyl (C=O) groups is 1. The van der Waals surface area contributed by atoms with Crippen LogP contribution in [0.3, 0.4) is 0 Å². The maximum Gasteiger partial charge on any atom is 0.310 e. The second kappa shape index (κ2) is 4.13. The van der Waals surface area contributed by atoms with Gasteiger partial charge in [-0.25, -0.2) is 0 Å². The molecule has 0 aromatic carbocycles. The molecular formula is C11H16O3. The smallest absolute Gasteiger partial charge is 0.310 e. The molecule has 2 rings (SSSR count). The van der Waals surface area contributed by atoms with Crippen LogP contribution in [0.25, 0.3) is 0 Å². The van der Waals surface area contributed by atoms with E-state index in [1.165, 1.54) is 12.0 Å². The molecule has 0 radical (unpaired) electrons. The highest BCUT2D eigenvalue weighted by atomic mass is 16.5. The Morgan fingerprint density at radius 2 is 2.36 bits per heavy atom. The van der Waals surface area contributed by atoms with E-state index in [2.05, 4.69) is 0 Å². The van der Waals surface area contributed by atoms with Gasteiger partial charge in [-0.15, -0.1) is 0 Å². The molecule has 2 aliphatic carbocycles. The van der Waals surface area contributed by atoms with Crippen LogP contribution in [-0.4, -0.2) is 17.7 Å². The van der Waals surface area contributed by atoms with E-state index < -0.39 is 0 Å². The summed E-state index contributed by atoms with van der Waals surface area (Å²) in [6.07, 6.45) is 5.33. The molecule has 2 bridgehead atoms. The van der Waals surface area contributed by atoms with Crippen LogP contribution < -0.4 is 0 Å². The van der Waals surface area contributed by atoms with Gasteiger partial charge >= 0.3 is 5.97 Å². The van der Waals surface area contributed by atoms with Gasteiger partial charge in [0.2, 0.25) is 0 Å². The lowest BCUT2D eigenvalue weighted by Gasteiger charge is -2.11. The summed E-state index contributed by atoms with van der Waals surface area (Å²) in [5.41, 5.74) is 1.35. The van der Waals surface area contributed by atoms with Gasteiger partial charge in [0.1, 0.15) is 5.76 Å². The minimum atomic E-state index is -0.186. The van der Waals surface area contributed by atoms with Crippen molar-refractivity contribution in [3.8, 4) is 0 Å². The van der Waals surface area contributed by atoms with Crippen molar-refractivity contribution in [2.24, 2.45) is 5.92 Å². The van der Waals surface area contributed by atoms with Crippen molar-refractivity contribution in [2.45, 2.75) is 38.5 Å². The minimum absolute atomic E-state index is 0.0592. The van der Waals surface area contributed by atoms with Crippen molar-refractivity contribution in [3.63, 3.8) is 0 Å². The minimum Gasteiger partial charge on any atom is -0.431 e. The molecule has 0 aromatic rings. The second-order valence-electron chi connectivity index (χ2n) is 4.14. The molecule has 1 fully saturated rings. The SMILES string of the molecule is O=C(CCCO)OC1=C2CCC(C2)C1. The summed E-state index contributed by atoms with van der Waals surface area (Å²) in [6, 6.07) is 0. The molecule has 78 valence electrons. The average molecular weight is 196 g/mol. The Labute approximate surface area is 83.8 Å². The van der Waals surface area contributed by atoms with Crippen LogP contribution in [-0.2, 0) is 9.53 Å². The zero-order valence-corrected chi connectivity index (χ0v) is 8.29. The standard InChI is InChI=1S/C11H16O3/c12-5-1-2-11(13)14-10-7-8-3-4-9(10)6-8/h8,12H,1-7H2. The van der Waals surface area contributed by atoms with Crippen LogP contribution in [0, 0.1) is 5.92 Å². The largest absolute Gasteiger partial charge is 0.431 e. The molecule has 1 atom stereocenters.